The lowest BCUT2D eigenvalue weighted by atomic mass is 9.76. The Hall–Kier alpha value is -0.795. The van der Waals surface area contributed by atoms with Gasteiger partial charge in [-0.3, -0.25) is 0 Å². The van der Waals surface area contributed by atoms with Crippen molar-refractivity contribution < 1.29 is 20.3 Å². The van der Waals surface area contributed by atoms with Crippen LogP contribution in [0, 0.1) is 0 Å². The van der Waals surface area contributed by atoms with Crippen LogP contribution in [0.2, 0.25) is 0 Å². The highest BCUT2D eigenvalue weighted by Crippen LogP contribution is 2.36. The molecule has 1 fully saturated rings. The van der Waals surface area contributed by atoms with E-state index in [-0.39, 0.29) is 11.1 Å². The maximum absolute atomic E-state index is 8.27. The van der Waals surface area contributed by atoms with E-state index in [2.05, 4.69) is 0 Å². The molecule has 0 unspecified atom stereocenters. The van der Waals surface area contributed by atoms with Gasteiger partial charge in [-0.15, -0.1) is 0 Å². The zero-order valence-electron chi connectivity index (χ0n) is 19.6. The molecule has 1 heterocycles. The number of fused-ring (bicyclic) bond motifs is 1. The van der Waals surface area contributed by atoms with E-state index in [1.54, 1.807) is 0 Å². The van der Waals surface area contributed by atoms with Gasteiger partial charge in [0.1, 0.15) is 0 Å². The third-order valence-corrected chi connectivity index (χ3v) is 4.03. The Kier molecular flexibility index (Phi) is 1.55. The zero-order valence-corrected chi connectivity index (χ0v) is 11.6. The summed E-state index contributed by atoms with van der Waals surface area (Å²) in [6.07, 6.45) is -11.6. The van der Waals surface area contributed by atoms with Crippen LogP contribution < -0.4 is 5.46 Å². The van der Waals surface area contributed by atoms with Crippen LogP contribution in [-0.4, -0.2) is 18.3 Å². The average Bonchev–Trinajstić information content (AvgIpc) is 2.73. The maximum Gasteiger partial charge on any atom is 0.494 e. The Labute approximate surface area is 127 Å². The number of hydrogen-bond donors (Lipinski definition) is 0. The summed E-state index contributed by atoms with van der Waals surface area (Å²) < 4.78 is 76.8. The zero-order chi connectivity index (χ0) is 20.8. The summed E-state index contributed by atoms with van der Waals surface area (Å²) in [6.45, 7) is 7.49. The molecule has 1 aromatic rings. The van der Waals surface area contributed by atoms with E-state index >= 15 is 0 Å². The molecule has 3 rings (SSSR count). The van der Waals surface area contributed by atoms with Gasteiger partial charge in [-0.1, -0.05) is 18.2 Å². The van der Waals surface area contributed by atoms with E-state index in [0.29, 0.717) is 5.46 Å². The number of aryl methyl sites for hydroxylation is 2. The van der Waals surface area contributed by atoms with E-state index in [1.807, 2.05) is 27.7 Å². The Morgan fingerprint density at radius 3 is 2.21 bits per heavy atom. The average molecular weight is 266 g/mol. The Morgan fingerprint density at radius 1 is 1.00 bits per heavy atom. The van der Waals surface area contributed by atoms with Crippen molar-refractivity contribution in [2.45, 2.75) is 64.4 Å². The molecule has 1 aliphatic carbocycles. The van der Waals surface area contributed by atoms with E-state index in [4.69, 9.17) is 20.3 Å². The van der Waals surface area contributed by atoms with Gasteiger partial charge in [0.15, 0.2) is 0 Å². The van der Waals surface area contributed by atoms with Crippen LogP contribution in [0.3, 0.4) is 0 Å². The molecule has 0 bridgehead atoms. The van der Waals surface area contributed by atoms with E-state index < -0.39 is 43.8 Å². The van der Waals surface area contributed by atoms with Crippen LogP contribution in [0.15, 0.2) is 18.2 Å². The molecular formula is C16H23BO2. The largest absolute Gasteiger partial charge is 0.494 e. The lowest BCUT2D eigenvalue weighted by molar-refractivity contribution is 0.00578. The Bertz CT molecular complexity index is 775. The highest BCUT2D eigenvalue weighted by atomic mass is 16.7. The van der Waals surface area contributed by atoms with Gasteiger partial charge in [0, 0.05) is 11.0 Å². The smallest absolute Gasteiger partial charge is 0.399 e. The van der Waals surface area contributed by atoms with Gasteiger partial charge in [0.25, 0.3) is 0 Å². The fraction of sp³-hybridized carbons (Fsp3) is 0.625. The van der Waals surface area contributed by atoms with Gasteiger partial charge >= 0.3 is 7.12 Å². The van der Waals surface area contributed by atoms with Crippen LogP contribution in [0.1, 0.15) is 62.5 Å². The Morgan fingerprint density at radius 2 is 1.58 bits per heavy atom. The summed E-state index contributed by atoms with van der Waals surface area (Å²) in [6, 6.07) is 4.16. The number of benzene rings is 1. The summed E-state index contributed by atoms with van der Waals surface area (Å²) >= 11 is 0. The molecule has 102 valence electrons. The van der Waals surface area contributed by atoms with Crippen LogP contribution in [-0.2, 0) is 22.1 Å². The monoisotopic (exact) mass is 266 g/mol. The second-order valence-corrected chi connectivity index (χ2v) is 5.89. The molecule has 19 heavy (non-hydrogen) atoms. The van der Waals surface area contributed by atoms with Crippen LogP contribution in [0.4, 0.5) is 0 Å². The fourth-order valence-electron chi connectivity index (χ4n) is 2.10. The van der Waals surface area contributed by atoms with Crippen molar-refractivity contribution >= 4 is 12.6 Å². The predicted octanol–water partition coefficient (Wildman–Crippen LogP) is 2.86. The topological polar surface area (TPSA) is 18.5 Å². The molecule has 0 N–H and O–H groups in total. The first kappa shape index (κ1) is 6.77. The van der Waals surface area contributed by atoms with Crippen LogP contribution in [0.5, 0.6) is 0 Å². The standard InChI is InChI=1S/C16H23BO2/c1-15(2)16(3,4)19-17(18-15)14-10-9-12-7-5-6-8-13(12)11-14/h9-11H,5-8H2,1-4H3/i5D2,6D2,7D2,8D2. The summed E-state index contributed by atoms with van der Waals surface area (Å²) in [5.41, 5.74) is -1.22. The molecule has 0 amide bonds. The summed E-state index contributed by atoms with van der Waals surface area (Å²) in [4.78, 5) is 0. The van der Waals surface area contributed by atoms with Crippen molar-refractivity contribution in [1.82, 2.24) is 0 Å². The van der Waals surface area contributed by atoms with Gasteiger partial charge < -0.3 is 9.31 Å². The van der Waals surface area contributed by atoms with Gasteiger partial charge in [0.05, 0.1) is 11.2 Å². The van der Waals surface area contributed by atoms with Crippen molar-refractivity contribution in [2.24, 2.45) is 0 Å². The molecule has 0 spiro atoms. The lowest BCUT2D eigenvalue weighted by Gasteiger charge is -2.32. The molecule has 2 nitrogen and oxygen atoms in total. The fourth-order valence-corrected chi connectivity index (χ4v) is 2.10. The predicted molar refractivity (Wildman–Crippen MR) is 78.8 cm³/mol. The second kappa shape index (κ2) is 4.36. The highest BCUT2D eigenvalue weighted by molar-refractivity contribution is 6.62. The molecule has 1 saturated heterocycles. The summed E-state index contributed by atoms with van der Waals surface area (Å²) in [5, 5.41) is 0. The second-order valence-electron chi connectivity index (χ2n) is 5.89. The number of rotatable bonds is 1. The molecule has 0 atom stereocenters. The van der Waals surface area contributed by atoms with Crippen molar-refractivity contribution in [3.63, 3.8) is 0 Å². The SMILES string of the molecule is [2H]C1([2H])c2ccc(B3OC(C)(C)C(C)(C)O3)cc2C([2H])([2H])C([2H])([2H])C1([2H])[2H]. The third kappa shape index (κ3) is 2.23. The van der Waals surface area contributed by atoms with E-state index in [0.717, 1.165) is 0 Å². The van der Waals surface area contributed by atoms with Crippen molar-refractivity contribution in [2.75, 3.05) is 0 Å². The minimum atomic E-state index is -3.08. The molecule has 0 aromatic heterocycles. The van der Waals surface area contributed by atoms with Crippen LogP contribution in [0.25, 0.3) is 0 Å². The van der Waals surface area contributed by atoms with E-state index in [9.17, 15) is 0 Å². The van der Waals surface area contributed by atoms with Gasteiger partial charge in [-0.2, -0.15) is 0 Å². The normalized spacial score (nSPS) is 41.2. The number of hydrogen-bond acceptors (Lipinski definition) is 2. The molecule has 0 saturated carbocycles. The molecule has 1 aromatic carbocycles. The first-order valence-electron chi connectivity index (χ1n) is 10.4. The molecule has 0 radical (unpaired) electrons. The molecular weight excluding hydrogens is 235 g/mol. The minimum absolute atomic E-state index is 0.201. The maximum atomic E-state index is 8.27. The molecule has 3 heteroatoms. The van der Waals surface area contributed by atoms with Crippen molar-refractivity contribution in [3.8, 4) is 0 Å². The summed E-state index contributed by atoms with van der Waals surface area (Å²) in [7, 11) is -0.813. The van der Waals surface area contributed by atoms with Crippen LogP contribution >= 0.6 is 0 Å². The first-order valence-corrected chi connectivity index (χ1v) is 6.41. The quantitative estimate of drug-likeness (QED) is 0.728. The van der Waals surface area contributed by atoms with Crippen molar-refractivity contribution in [1.29, 1.82) is 0 Å². The minimum Gasteiger partial charge on any atom is -0.399 e. The van der Waals surface area contributed by atoms with Crippen molar-refractivity contribution in [3.05, 3.63) is 29.3 Å². The van der Waals surface area contributed by atoms with Gasteiger partial charge in [0.2, 0.25) is 0 Å². The Balaban J connectivity index is 2.16. The van der Waals surface area contributed by atoms with Gasteiger partial charge in [-0.05, 0) is 69.8 Å². The third-order valence-electron chi connectivity index (χ3n) is 4.03. The lowest BCUT2D eigenvalue weighted by Crippen LogP contribution is -2.41. The first-order chi connectivity index (χ1) is 11.9. The molecule has 1 aliphatic heterocycles. The molecule has 2 aliphatic rings. The highest BCUT2D eigenvalue weighted by Gasteiger charge is 2.51. The summed E-state index contributed by atoms with van der Waals surface area (Å²) in [5.74, 6) is 0. The van der Waals surface area contributed by atoms with E-state index in [1.165, 1.54) is 18.2 Å². The van der Waals surface area contributed by atoms with Gasteiger partial charge in [-0.25, -0.2) is 0 Å².